The molecule has 0 aliphatic rings. The number of ether oxygens (including phenoxy) is 1. The number of hydrogen-bond acceptors (Lipinski definition) is 5. The number of aliphatic hydroxyl groups excluding tert-OH is 1. The van der Waals surface area contributed by atoms with Crippen molar-refractivity contribution in [3.8, 4) is 0 Å². The van der Waals surface area contributed by atoms with Gasteiger partial charge in [-0.05, 0) is 40.2 Å². The third kappa shape index (κ3) is 6.93. The Morgan fingerprint density at radius 3 is 2.44 bits per heavy atom. The van der Waals surface area contributed by atoms with E-state index in [1.165, 1.54) is 0 Å². The molecule has 0 spiro atoms. The Hall–Kier alpha value is -0.650. The van der Waals surface area contributed by atoms with Crippen LogP contribution in [0.5, 0.6) is 0 Å². The van der Waals surface area contributed by atoms with Crippen LogP contribution in [0.3, 0.4) is 0 Å². The van der Waals surface area contributed by atoms with Gasteiger partial charge in [-0.2, -0.15) is 0 Å². The summed E-state index contributed by atoms with van der Waals surface area (Å²) in [6.45, 7) is 9.55. The molecule has 0 aromatic carbocycles. The van der Waals surface area contributed by atoms with Crippen molar-refractivity contribution < 1.29 is 14.6 Å². The molecule has 0 aromatic heterocycles. The highest BCUT2D eigenvalue weighted by molar-refractivity contribution is 5.76. The van der Waals surface area contributed by atoms with Crippen LogP contribution in [0.25, 0.3) is 0 Å². The number of nitrogens with zero attached hydrogens (tertiary/aromatic N) is 1. The Bertz CT molecular complexity index is 239. The minimum absolute atomic E-state index is 0.0828. The molecule has 0 fully saturated rings. The van der Waals surface area contributed by atoms with Gasteiger partial charge in [0.2, 0.25) is 0 Å². The van der Waals surface area contributed by atoms with Gasteiger partial charge in [0.1, 0.15) is 11.6 Å². The summed E-state index contributed by atoms with van der Waals surface area (Å²) in [7, 11) is 0. The lowest BCUT2D eigenvalue weighted by atomic mass is 10.1. The van der Waals surface area contributed by atoms with Crippen molar-refractivity contribution in [1.29, 1.82) is 0 Å². The molecule has 18 heavy (non-hydrogen) atoms. The SMILES string of the molecule is CCN(CCN)C(CCCO)C(=O)OC(C)(C)C. The van der Waals surface area contributed by atoms with Gasteiger partial charge in [-0.3, -0.25) is 9.69 Å². The van der Waals surface area contributed by atoms with Crippen LogP contribution in [-0.4, -0.2) is 53.9 Å². The average molecular weight is 260 g/mol. The van der Waals surface area contributed by atoms with Gasteiger partial charge in [-0.15, -0.1) is 0 Å². The van der Waals surface area contributed by atoms with Crippen LogP contribution in [0.2, 0.25) is 0 Å². The van der Waals surface area contributed by atoms with E-state index in [0.717, 1.165) is 6.54 Å². The topological polar surface area (TPSA) is 75.8 Å². The van der Waals surface area contributed by atoms with Crippen molar-refractivity contribution in [3.63, 3.8) is 0 Å². The molecular weight excluding hydrogens is 232 g/mol. The Balaban J connectivity index is 4.68. The van der Waals surface area contributed by atoms with E-state index in [2.05, 4.69) is 0 Å². The van der Waals surface area contributed by atoms with E-state index < -0.39 is 5.60 Å². The lowest BCUT2D eigenvalue weighted by molar-refractivity contribution is -0.161. The first kappa shape index (κ1) is 17.4. The Morgan fingerprint density at radius 2 is 2.06 bits per heavy atom. The monoisotopic (exact) mass is 260 g/mol. The second-order valence-electron chi connectivity index (χ2n) is 5.33. The number of likely N-dealkylation sites (N-methyl/N-ethyl adjacent to an activating group) is 1. The highest BCUT2D eigenvalue weighted by Gasteiger charge is 2.28. The fourth-order valence-corrected chi connectivity index (χ4v) is 1.80. The van der Waals surface area contributed by atoms with E-state index in [9.17, 15) is 4.79 Å². The van der Waals surface area contributed by atoms with Gasteiger partial charge in [0.15, 0.2) is 0 Å². The molecule has 108 valence electrons. The molecule has 0 amide bonds. The third-order valence-electron chi connectivity index (χ3n) is 2.58. The second-order valence-corrected chi connectivity index (χ2v) is 5.33. The summed E-state index contributed by atoms with van der Waals surface area (Å²) in [5.41, 5.74) is 5.07. The number of carbonyl (C=O) groups excluding carboxylic acids is 1. The van der Waals surface area contributed by atoms with Crippen molar-refractivity contribution in [1.82, 2.24) is 4.90 Å². The smallest absolute Gasteiger partial charge is 0.323 e. The summed E-state index contributed by atoms with van der Waals surface area (Å²) in [5.74, 6) is -0.230. The van der Waals surface area contributed by atoms with Crippen LogP contribution in [0.4, 0.5) is 0 Å². The normalized spacial score (nSPS) is 13.7. The lowest BCUT2D eigenvalue weighted by Gasteiger charge is -2.31. The van der Waals surface area contributed by atoms with E-state index in [1.54, 1.807) is 0 Å². The molecule has 0 radical (unpaired) electrons. The predicted molar refractivity (Wildman–Crippen MR) is 72.3 cm³/mol. The maximum Gasteiger partial charge on any atom is 0.323 e. The molecule has 0 saturated heterocycles. The molecule has 0 aromatic rings. The lowest BCUT2D eigenvalue weighted by Crippen LogP contribution is -2.46. The van der Waals surface area contributed by atoms with Gasteiger partial charge >= 0.3 is 5.97 Å². The standard InChI is InChI=1S/C13H28N2O3/c1-5-15(9-8-14)11(7-6-10-16)12(17)18-13(2,3)4/h11,16H,5-10,14H2,1-4H3. The van der Waals surface area contributed by atoms with Crippen LogP contribution < -0.4 is 5.73 Å². The number of aliphatic hydroxyl groups is 1. The van der Waals surface area contributed by atoms with Gasteiger partial charge in [-0.25, -0.2) is 0 Å². The fraction of sp³-hybridized carbons (Fsp3) is 0.923. The van der Waals surface area contributed by atoms with E-state index >= 15 is 0 Å². The molecule has 3 N–H and O–H groups in total. The minimum Gasteiger partial charge on any atom is -0.459 e. The van der Waals surface area contributed by atoms with Crippen molar-refractivity contribution in [2.75, 3.05) is 26.2 Å². The molecule has 5 heteroatoms. The van der Waals surface area contributed by atoms with Crippen LogP contribution in [0.15, 0.2) is 0 Å². The maximum absolute atomic E-state index is 12.2. The molecule has 0 rings (SSSR count). The number of esters is 1. The van der Waals surface area contributed by atoms with Crippen molar-refractivity contribution in [3.05, 3.63) is 0 Å². The zero-order chi connectivity index (χ0) is 14.2. The zero-order valence-corrected chi connectivity index (χ0v) is 12.1. The number of carbonyl (C=O) groups is 1. The molecule has 1 unspecified atom stereocenters. The van der Waals surface area contributed by atoms with E-state index in [0.29, 0.717) is 25.9 Å². The van der Waals surface area contributed by atoms with E-state index in [-0.39, 0.29) is 18.6 Å². The van der Waals surface area contributed by atoms with Crippen molar-refractivity contribution in [2.45, 2.75) is 52.2 Å². The summed E-state index contributed by atoms with van der Waals surface area (Å²) >= 11 is 0. The largest absolute Gasteiger partial charge is 0.459 e. The quantitative estimate of drug-likeness (QED) is 0.630. The summed E-state index contributed by atoms with van der Waals surface area (Å²) < 4.78 is 5.42. The summed E-state index contributed by atoms with van der Waals surface area (Å²) in [5, 5.41) is 8.92. The highest BCUT2D eigenvalue weighted by atomic mass is 16.6. The Labute approximate surface area is 110 Å². The first-order valence-electron chi connectivity index (χ1n) is 6.63. The van der Waals surface area contributed by atoms with E-state index in [4.69, 9.17) is 15.6 Å². The molecule has 0 saturated carbocycles. The van der Waals surface area contributed by atoms with Crippen LogP contribution in [0, 0.1) is 0 Å². The minimum atomic E-state index is -0.489. The number of hydrogen-bond donors (Lipinski definition) is 2. The van der Waals surface area contributed by atoms with Crippen LogP contribution >= 0.6 is 0 Å². The molecule has 1 atom stereocenters. The van der Waals surface area contributed by atoms with Gasteiger partial charge in [-0.1, -0.05) is 6.92 Å². The molecule has 0 bridgehead atoms. The molecule has 0 aliphatic carbocycles. The number of rotatable bonds is 8. The molecule has 0 heterocycles. The first-order valence-corrected chi connectivity index (χ1v) is 6.63. The van der Waals surface area contributed by atoms with Gasteiger partial charge in [0.05, 0.1) is 0 Å². The average Bonchev–Trinajstić information content (AvgIpc) is 2.25. The Kier molecular flexibility index (Phi) is 8.15. The third-order valence-corrected chi connectivity index (χ3v) is 2.58. The maximum atomic E-state index is 12.2. The van der Waals surface area contributed by atoms with Crippen LogP contribution in [-0.2, 0) is 9.53 Å². The zero-order valence-electron chi connectivity index (χ0n) is 12.1. The fourth-order valence-electron chi connectivity index (χ4n) is 1.80. The van der Waals surface area contributed by atoms with Gasteiger partial charge in [0.25, 0.3) is 0 Å². The summed E-state index contributed by atoms with van der Waals surface area (Å²) in [4.78, 5) is 14.2. The summed E-state index contributed by atoms with van der Waals surface area (Å²) in [6.07, 6.45) is 1.18. The van der Waals surface area contributed by atoms with Gasteiger partial charge in [0, 0.05) is 19.7 Å². The molecule has 5 nitrogen and oxygen atoms in total. The first-order chi connectivity index (χ1) is 8.35. The second kappa shape index (κ2) is 8.45. The molecular formula is C13H28N2O3. The molecule has 0 aliphatic heterocycles. The van der Waals surface area contributed by atoms with E-state index in [1.807, 2.05) is 32.6 Å². The van der Waals surface area contributed by atoms with Gasteiger partial charge < -0.3 is 15.6 Å². The number of nitrogens with two attached hydrogens (primary N) is 1. The van der Waals surface area contributed by atoms with Crippen molar-refractivity contribution in [2.24, 2.45) is 5.73 Å². The predicted octanol–water partition coefficient (Wildman–Crippen LogP) is 0.750. The van der Waals surface area contributed by atoms with Crippen molar-refractivity contribution >= 4 is 5.97 Å². The summed E-state index contributed by atoms with van der Waals surface area (Å²) in [6, 6.07) is -0.315. The highest BCUT2D eigenvalue weighted by Crippen LogP contribution is 2.14. The van der Waals surface area contributed by atoms with Crippen LogP contribution in [0.1, 0.15) is 40.5 Å². The Morgan fingerprint density at radius 1 is 1.44 bits per heavy atom.